The summed E-state index contributed by atoms with van der Waals surface area (Å²) in [6.45, 7) is 5.57. The fourth-order valence-corrected chi connectivity index (χ4v) is 2.96. The second-order valence-corrected chi connectivity index (χ2v) is 4.91. The van der Waals surface area contributed by atoms with E-state index in [2.05, 4.69) is 17.9 Å². The molecule has 0 bridgehead atoms. The Bertz CT molecular complexity index is 332. The summed E-state index contributed by atoms with van der Waals surface area (Å²) in [6.07, 6.45) is 3.29. The highest BCUT2D eigenvalue weighted by Gasteiger charge is 2.17. The molecule has 1 aromatic rings. The third-order valence-electron chi connectivity index (χ3n) is 2.62. The Hall–Kier alpha value is -0.670. The first-order valence-corrected chi connectivity index (χ1v) is 5.94. The van der Waals surface area contributed by atoms with E-state index in [9.17, 15) is 4.79 Å². The molecule has 14 heavy (non-hydrogen) atoms. The molecule has 1 aliphatic rings. The minimum Gasteiger partial charge on any atom is -0.299 e. The van der Waals surface area contributed by atoms with Crippen LogP contribution in [0.4, 0.5) is 0 Å². The molecule has 0 fully saturated rings. The Morgan fingerprint density at radius 1 is 1.64 bits per heavy atom. The summed E-state index contributed by atoms with van der Waals surface area (Å²) in [5.74, 6) is 0. The van der Waals surface area contributed by atoms with Crippen molar-refractivity contribution in [3.63, 3.8) is 0 Å². The summed E-state index contributed by atoms with van der Waals surface area (Å²) in [7, 11) is 0. The van der Waals surface area contributed by atoms with E-state index in [0.29, 0.717) is 0 Å². The van der Waals surface area contributed by atoms with Crippen molar-refractivity contribution in [3.8, 4) is 0 Å². The van der Waals surface area contributed by atoms with Crippen molar-refractivity contribution in [2.45, 2.75) is 26.3 Å². The summed E-state index contributed by atoms with van der Waals surface area (Å²) in [4.78, 5) is 15.4. The van der Waals surface area contributed by atoms with Gasteiger partial charge in [-0.2, -0.15) is 0 Å². The van der Waals surface area contributed by atoms with E-state index in [1.54, 1.807) is 11.3 Å². The predicted octanol–water partition coefficient (Wildman–Crippen LogP) is 2.33. The van der Waals surface area contributed by atoms with Crippen molar-refractivity contribution < 1.29 is 4.79 Å². The van der Waals surface area contributed by atoms with E-state index in [1.807, 2.05) is 0 Å². The fraction of sp³-hybridized carbons (Fsp3) is 0.545. The van der Waals surface area contributed by atoms with Crippen LogP contribution in [0.15, 0.2) is 6.07 Å². The lowest BCUT2D eigenvalue weighted by Crippen LogP contribution is -2.30. The molecule has 0 radical (unpaired) electrons. The third-order valence-corrected chi connectivity index (χ3v) is 3.78. The molecule has 0 amide bonds. The molecule has 3 heteroatoms. The van der Waals surface area contributed by atoms with Crippen LogP contribution >= 0.6 is 11.3 Å². The monoisotopic (exact) mass is 209 g/mol. The smallest absolute Gasteiger partial charge is 0.160 e. The zero-order valence-electron chi connectivity index (χ0n) is 8.45. The lowest BCUT2D eigenvalue weighted by atomic mass is 10.1. The second kappa shape index (κ2) is 4.24. The van der Waals surface area contributed by atoms with Gasteiger partial charge in [0.15, 0.2) is 6.29 Å². The van der Waals surface area contributed by atoms with Gasteiger partial charge in [-0.05, 0) is 31.0 Å². The third kappa shape index (κ3) is 1.88. The highest BCUT2D eigenvalue weighted by molar-refractivity contribution is 7.13. The lowest BCUT2D eigenvalue weighted by molar-refractivity contribution is 0.112. The maximum absolute atomic E-state index is 10.6. The van der Waals surface area contributed by atoms with Crippen molar-refractivity contribution in [3.05, 3.63) is 21.4 Å². The van der Waals surface area contributed by atoms with Crippen molar-refractivity contribution >= 4 is 17.6 Å². The summed E-state index contributed by atoms with van der Waals surface area (Å²) in [5, 5.41) is 0. The molecule has 1 aliphatic heterocycles. The van der Waals surface area contributed by atoms with Gasteiger partial charge < -0.3 is 0 Å². The summed E-state index contributed by atoms with van der Waals surface area (Å²) >= 11 is 1.66. The summed E-state index contributed by atoms with van der Waals surface area (Å²) in [6, 6.07) is 2.05. The molecule has 0 saturated heterocycles. The highest BCUT2D eigenvalue weighted by Crippen LogP contribution is 2.27. The van der Waals surface area contributed by atoms with Gasteiger partial charge in [-0.1, -0.05) is 6.92 Å². The van der Waals surface area contributed by atoms with Crippen LogP contribution in [0.5, 0.6) is 0 Å². The molecule has 2 nitrogen and oxygen atoms in total. The van der Waals surface area contributed by atoms with Crippen LogP contribution in [0.25, 0.3) is 0 Å². The van der Waals surface area contributed by atoms with Gasteiger partial charge in [-0.15, -0.1) is 11.3 Å². The maximum atomic E-state index is 10.6. The number of thiophene rings is 1. The second-order valence-electron chi connectivity index (χ2n) is 3.74. The first kappa shape index (κ1) is 9.87. The molecule has 0 atom stereocenters. The minimum atomic E-state index is 0.883. The molecule has 0 aliphatic carbocycles. The molecule has 76 valence electrons. The molecule has 1 aromatic heterocycles. The number of hydrogen-bond donors (Lipinski definition) is 0. The number of fused-ring (bicyclic) bond motifs is 1. The first-order valence-electron chi connectivity index (χ1n) is 5.12. The SMILES string of the molecule is CCCN1CCc2sc(C=O)cc2C1. The van der Waals surface area contributed by atoms with Crippen molar-refractivity contribution in [2.75, 3.05) is 13.1 Å². The van der Waals surface area contributed by atoms with Gasteiger partial charge in [0, 0.05) is 18.0 Å². The predicted molar refractivity (Wildman–Crippen MR) is 59.0 cm³/mol. The minimum absolute atomic E-state index is 0.883. The number of carbonyl (C=O) groups is 1. The molecule has 0 saturated carbocycles. The molecule has 0 N–H and O–H groups in total. The summed E-state index contributed by atoms with van der Waals surface area (Å²) in [5.41, 5.74) is 1.37. The van der Waals surface area contributed by atoms with Crippen LogP contribution in [0.2, 0.25) is 0 Å². The van der Waals surface area contributed by atoms with E-state index >= 15 is 0 Å². The van der Waals surface area contributed by atoms with Gasteiger partial charge in [-0.25, -0.2) is 0 Å². The normalized spacial score (nSPS) is 16.6. The van der Waals surface area contributed by atoms with Gasteiger partial charge >= 0.3 is 0 Å². The Morgan fingerprint density at radius 3 is 3.21 bits per heavy atom. The van der Waals surface area contributed by atoms with Crippen LogP contribution in [0, 0.1) is 0 Å². The average Bonchev–Trinajstić information content (AvgIpc) is 2.60. The van der Waals surface area contributed by atoms with E-state index < -0.39 is 0 Å². The highest BCUT2D eigenvalue weighted by atomic mass is 32.1. The quantitative estimate of drug-likeness (QED) is 0.712. The number of hydrogen-bond acceptors (Lipinski definition) is 3. The molecule has 0 spiro atoms. The van der Waals surface area contributed by atoms with Gasteiger partial charge in [-0.3, -0.25) is 9.69 Å². The zero-order valence-corrected chi connectivity index (χ0v) is 9.27. The van der Waals surface area contributed by atoms with Gasteiger partial charge in [0.25, 0.3) is 0 Å². The standard InChI is InChI=1S/C11H15NOS/c1-2-4-12-5-3-11-9(7-12)6-10(8-13)14-11/h6,8H,2-5,7H2,1H3. The molecule has 2 heterocycles. The van der Waals surface area contributed by atoms with E-state index in [-0.39, 0.29) is 0 Å². The van der Waals surface area contributed by atoms with E-state index in [1.165, 1.54) is 23.4 Å². The van der Waals surface area contributed by atoms with E-state index in [4.69, 9.17) is 0 Å². The number of rotatable bonds is 3. The van der Waals surface area contributed by atoms with Gasteiger partial charge in [0.2, 0.25) is 0 Å². The van der Waals surface area contributed by atoms with Crippen LogP contribution in [0.3, 0.4) is 0 Å². The topological polar surface area (TPSA) is 20.3 Å². The number of nitrogens with zero attached hydrogens (tertiary/aromatic N) is 1. The van der Waals surface area contributed by atoms with Crippen LogP contribution in [0.1, 0.15) is 33.5 Å². The number of carbonyl (C=O) groups excluding carboxylic acids is 1. The Balaban J connectivity index is 2.13. The molecule has 0 aromatic carbocycles. The molecular weight excluding hydrogens is 194 g/mol. The largest absolute Gasteiger partial charge is 0.299 e. The van der Waals surface area contributed by atoms with Crippen molar-refractivity contribution in [2.24, 2.45) is 0 Å². The van der Waals surface area contributed by atoms with Gasteiger partial charge in [0.1, 0.15) is 0 Å². The lowest BCUT2D eigenvalue weighted by Gasteiger charge is -2.25. The fourth-order valence-electron chi connectivity index (χ4n) is 1.98. The van der Waals surface area contributed by atoms with Crippen LogP contribution in [-0.2, 0) is 13.0 Å². The first-order chi connectivity index (χ1) is 6.83. The molecule has 0 unspecified atom stereocenters. The Kier molecular flexibility index (Phi) is 2.99. The van der Waals surface area contributed by atoms with E-state index in [0.717, 1.165) is 30.7 Å². The number of aldehydes is 1. The van der Waals surface area contributed by atoms with Gasteiger partial charge in [0.05, 0.1) is 4.88 Å². The molecular formula is C11H15NOS. The van der Waals surface area contributed by atoms with Crippen LogP contribution in [-0.4, -0.2) is 24.3 Å². The van der Waals surface area contributed by atoms with Crippen molar-refractivity contribution in [1.82, 2.24) is 4.90 Å². The maximum Gasteiger partial charge on any atom is 0.160 e. The Morgan fingerprint density at radius 2 is 2.50 bits per heavy atom. The molecule has 2 rings (SSSR count). The average molecular weight is 209 g/mol. The zero-order chi connectivity index (χ0) is 9.97. The van der Waals surface area contributed by atoms with Crippen LogP contribution < -0.4 is 0 Å². The summed E-state index contributed by atoms with van der Waals surface area (Å²) < 4.78 is 0. The Labute approximate surface area is 88.5 Å². The van der Waals surface area contributed by atoms with Crippen molar-refractivity contribution in [1.29, 1.82) is 0 Å².